The number of carbonyl (C=O) groups excluding carboxylic acids is 1. The van der Waals surface area contributed by atoms with Gasteiger partial charge in [0.1, 0.15) is 35.7 Å². The Kier molecular flexibility index (Phi) is 11.4. The molecule has 1 amide bonds. The van der Waals surface area contributed by atoms with Gasteiger partial charge in [-0.25, -0.2) is 13.2 Å². The summed E-state index contributed by atoms with van der Waals surface area (Å²) in [5.74, 6) is 1.03. The number of piperidine rings is 1. The summed E-state index contributed by atoms with van der Waals surface area (Å²) < 4.78 is 65.7. The molecule has 2 aromatic heterocycles. The van der Waals surface area contributed by atoms with Crippen molar-refractivity contribution in [3.63, 3.8) is 0 Å². The van der Waals surface area contributed by atoms with Gasteiger partial charge in [0.05, 0.1) is 28.8 Å². The minimum Gasteiger partial charge on any atom is -0.493 e. The number of halogens is 3. The molecule has 6 aliphatic rings. The normalized spacial score (nSPS) is 27.7. The van der Waals surface area contributed by atoms with E-state index in [2.05, 4.69) is 39.5 Å². The van der Waals surface area contributed by atoms with E-state index in [0.717, 1.165) is 71.2 Å². The monoisotopic (exact) mass is 827 g/mol. The van der Waals surface area contributed by atoms with Crippen LogP contribution in [0, 0.1) is 29.4 Å². The number of benzene rings is 1. The molecule has 1 aromatic carbocycles. The number of hydrogen-bond donors (Lipinski definition) is 1. The number of hydrogen-bond acceptors (Lipinski definition) is 10. The molecule has 1 unspecified atom stereocenters. The highest BCUT2D eigenvalue weighted by Crippen LogP contribution is 2.54. The van der Waals surface area contributed by atoms with Crippen molar-refractivity contribution in [3.8, 4) is 24.1 Å². The van der Waals surface area contributed by atoms with Crippen molar-refractivity contribution in [2.24, 2.45) is 5.41 Å². The van der Waals surface area contributed by atoms with Crippen LogP contribution in [-0.4, -0.2) is 120 Å². The average molecular weight is 828 g/mol. The van der Waals surface area contributed by atoms with Crippen molar-refractivity contribution in [1.29, 1.82) is 0 Å². The zero-order chi connectivity index (χ0) is 41.6. The van der Waals surface area contributed by atoms with Gasteiger partial charge in [-0.15, -0.1) is 6.42 Å². The molecule has 1 aliphatic carbocycles. The van der Waals surface area contributed by atoms with E-state index in [1.807, 2.05) is 4.90 Å². The molecule has 11 nitrogen and oxygen atoms in total. The molecular formula is C46H56F3N7O4. The molecule has 1 saturated carbocycles. The second kappa shape index (κ2) is 16.8. The molecule has 5 fully saturated rings. The van der Waals surface area contributed by atoms with Crippen LogP contribution in [0.3, 0.4) is 0 Å². The van der Waals surface area contributed by atoms with Crippen LogP contribution in [0.1, 0.15) is 100 Å². The number of aromatic nitrogens is 3. The topological polar surface area (TPSA) is 105 Å². The largest absolute Gasteiger partial charge is 0.493 e. The summed E-state index contributed by atoms with van der Waals surface area (Å²) in [7, 11) is 0. The zero-order valence-corrected chi connectivity index (χ0v) is 34.6. The highest BCUT2D eigenvalue weighted by atomic mass is 19.1. The van der Waals surface area contributed by atoms with Crippen molar-refractivity contribution < 1.29 is 32.2 Å². The zero-order valence-electron chi connectivity index (χ0n) is 34.6. The highest BCUT2D eigenvalue weighted by Gasteiger charge is 2.55. The third kappa shape index (κ3) is 7.82. The molecule has 1 N–H and O–H groups in total. The van der Waals surface area contributed by atoms with Gasteiger partial charge < -0.3 is 29.3 Å². The molecule has 4 atom stereocenters. The lowest BCUT2D eigenvalue weighted by Crippen LogP contribution is -2.60. The lowest BCUT2D eigenvalue weighted by Gasteiger charge is -2.57. The number of pyridine rings is 1. The number of fused-ring (bicyclic) bond motifs is 2. The first kappa shape index (κ1) is 40.9. The lowest BCUT2D eigenvalue weighted by molar-refractivity contribution is -0.117. The molecule has 3 aromatic rings. The van der Waals surface area contributed by atoms with Gasteiger partial charge in [-0.3, -0.25) is 14.7 Å². The van der Waals surface area contributed by atoms with Crippen molar-refractivity contribution in [1.82, 2.24) is 30.1 Å². The Hall–Kier alpha value is -4.45. The summed E-state index contributed by atoms with van der Waals surface area (Å²) in [6.07, 6.45) is 17.3. The molecule has 320 valence electrons. The van der Waals surface area contributed by atoms with E-state index in [4.69, 9.17) is 30.6 Å². The second-order valence-corrected chi connectivity index (χ2v) is 18.3. The van der Waals surface area contributed by atoms with Crippen molar-refractivity contribution in [2.45, 2.75) is 113 Å². The fourth-order valence-electron chi connectivity index (χ4n) is 11.2. The van der Waals surface area contributed by atoms with E-state index in [-0.39, 0.29) is 54.0 Å². The molecule has 5 aliphatic heterocycles. The number of ether oxygens (including phenoxy) is 3. The SMILES string of the molecule is C#Cc1c(F)ccc2c1[C@H](c1ncc3c(N4CCCCC(NC(=O)C=C)C4)nc(OC[C@]4(C)C[C@@H](F)CN4C4CC5(CCN(C6CCOCC6)CC5)C4)nc3c1F)CCO2. The van der Waals surface area contributed by atoms with E-state index in [9.17, 15) is 4.79 Å². The Labute approximate surface area is 350 Å². The minimum absolute atomic E-state index is 0.00690. The van der Waals surface area contributed by atoms with E-state index < -0.39 is 29.3 Å². The Morgan fingerprint density at radius 3 is 2.62 bits per heavy atom. The number of likely N-dealkylation sites (tertiary alicyclic amines) is 2. The number of rotatable bonds is 9. The van der Waals surface area contributed by atoms with Crippen LogP contribution in [0.15, 0.2) is 31.0 Å². The summed E-state index contributed by atoms with van der Waals surface area (Å²) in [4.78, 5) is 33.7. The lowest BCUT2D eigenvalue weighted by atomic mass is 9.59. The Morgan fingerprint density at radius 1 is 1.05 bits per heavy atom. The number of carbonyl (C=O) groups is 1. The van der Waals surface area contributed by atoms with Gasteiger partial charge in [0.15, 0.2) is 5.82 Å². The number of nitrogens with zero attached hydrogens (tertiary/aromatic N) is 6. The minimum atomic E-state index is -0.996. The van der Waals surface area contributed by atoms with Crippen LogP contribution in [0.25, 0.3) is 10.9 Å². The first-order valence-corrected chi connectivity index (χ1v) is 21.9. The average Bonchev–Trinajstić information content (AvgIpc) is 3.37. The van der Waals surface area contributed by atoms with Gasteiger partial charge in [0.2, 0.25) is 5.91 Å². The van der Waals surface area contributed by atoms with Gasteiger partial charge in [0.25, 0.3) is 0 Å². The molecule has 7 heterocycles. The van der Waals surface area contributed by atoms with Gasteiger partial charge in [0, 0.05) is 75.1 Å². The van der Waals surface area contributed by atoms with E-state index in [1.54, 1.807) is 6.20 Å². The van der Waals surface area contributed by atoms with Gasteiger partial charge in [-0.1, -0.05) is 12.5 Å². The molecule has 0 bridgehead atoms. The first-order chi connectivity index (χ1) is 29.1. The summed E-state index contributed by atoms with van der Waals surface area (Å²) in [5.41, 5.74) is 0.151. The highest BCUT2D eigenvalue weighted by molar-refractivity contribution is 5.90. The quantitative estimate of drug-likeness (QED) is 0.191. The molecule has 9 rings (SSSR count). The Bertz CT molecular complexity index is 2150. The number of terminal acetylenes is 1. The smallest absolute Gasteiger partial charge is 0.319 e. The molecular weight excluding hydrogens is 772 g/mol. The predicted octanol–water partition coefficient (Wildman–Crippen LogP) is 6.46. The van der Waals surface area contributed by atoms with Crippen LogP contribution in [0.4, 0.5) is 19.0 Å². The number of amides is 1. The summed E-state index contributed by atoms with van der Waals surface area (Å²) in [6.45, 7) is 11.3. The summed E-state index contributed by atoms with van der Waals surface area (Å²) in [5, 5.41) is 3.40. The van der Waals surface area contributed by atoms with Crippen LogP contribution < -0.4 is 19.7 Å². The molecule has 0 radical (unpaired) electrons. The predicted molar refractivity (Wildman–Crippen MR) is 222 cm³/mol. The first-order valence-electron chi connectivity index (χ1n) is 21.9. The maximum atomic E-state index is 17.2. The standard InChI is InChI=1S/C46H56F3N7O4/c1-4-33-36(48)9-10-37-39(33)34(13-21-59-37)41-40(49)42-35(25-50-41)43(55-16-7-6-8-30(27-55)51-38(57)5-2)53-44(52-42)60-28-45(3)22-29(47)26-56(45)32-23-46(24-32)14-17-54(18-15-46)31-11-19-58-20-12-31/h1,5,9-10,25,29-32,34H,2,6-8,11-24,26-28H2,3H3,(H,51,57)/t29-,30?,34-,45+/m1/s1. The van der Waals surface area contributed by atoms with Gasteiger partial charge >= 0.3 is 6.01 Å². The fourth-order valence-corrected chi connectivity index (χ4v) is 11.2. The fraction of sp³-hybridized carbons (Fsp3) is 0.609. The van der Waals surface area contributed by atoms with Crippen molar-refractivity contribution >= 4 is 22.6 Å². The van der Waals surface area contributed by atoms with Crippen molar-refractivity contribution in [3.05, 3.63) is 59.4 Å². The molecule has 1 spiro atoms. The summed E-state index contributed by atoms with van der Waals surface area (Å²) >= 11 is 0. The third-order valence-electron chi connectivity index (χ3n) is 14.4. The Morgan fingerprint density at radius 2 is 1.85 bits per heavy atom. The van der Waals surface area contributed by atoms with E-state index in [1.165, 1.54) is 31.1 Å². The molecule has 4 saturated heterocycles. The summed E-state index contributed by atoms with van der Waals surface area (Å²) in [6, 6.07) is 3.42. The van der Waals surface area contributed by atoms with Crippen LogP contribution >= 0.6 is 0 Å². The van der Waals surface area contributed by atoms with Crippen LogP contribution in [0.2, 0.25) is 0 Å². The maximum Gasteiger partial charge on any atom is 0.319 e. The Balaban J connectivity index is 1.00. The third-order valence-corrected chi connectivity index (χ3v) is 14.4. The van der Waals surface area contributed by atoms with E-state index in [0.29, 0.717) is 66.4 Å². The van der Waals surface area contributed by atoms with Gasteiger partial charge in [-0.05, 0) is 108 Å². The van der Waals surface area contributed by atoms with Gasteiger partial charge in [-0.2, -0.15) is 9.97 Å². The van der Waals surface area contributed by atoms with E-state index >= 15 is 13.2 Å². The second-order valence-electron chi connectivity index (χ2n) is 18.3. The number of nitrogens with one attached hydrogen (secondary N) is 1. The molecule has 60 heavy (non-hydrogen) atoms. The maximum absolute atomic E-state index is 17.2. The van der Waals surface area contributed by atoms with Crippen molar-refractivity contribution in [2.75, 3.05) is 64.1 Å². The molecule has 14 heteroatoms. The van der Waals surface area contributed by atoms with Crippen LogP contribution in [0.5, 0.6) is 11.8 Å². The number of anilines is 1. The van der Waals surface area contributed by atoms with Crippen LogP contribution in [-0.2, 0) is 9.53 Å². The number of alkyl halides is 1.